The summed E-state index contributed by atoms with van der Waals surface area (Å²) in [6.07, 6.45) is -12.3. The van der Waals surface area contributed by atoms with E-state index in [1.165, 1.54) is 0 Å². The first-order valence-corrected chi connectivity index (χ1v) is 54.6. The fourth-order valence-corrected chi connectivity index (χ4v) is 24.9. The summed E-state index contributed by atoms with van der Waals surface area (Å²) in [5.74, 6) is 1.54. The van der Waals surface area contributed by atoms with Crippen LogP contribution in [-0.2, 0) is 122 Å². The molecular formula is C112H188O24. The Labute approximate surface area is 820 Å². The minimum atomic E-state index is -1.48. The third-order valence-electron chi connectivity index (χ3n) is 37.2. The summed E-state index contributed by atoms with van der Waals surface area (Å²) in [6.45, 7) is 71.8. The van der Waals surface area contributed by atoms with E-state index in [0.29, 0.717) is 61.4 Å². The van der Waals surface area contributed by atoms with Gasteiger partial charge in [-0.3, -0.25) is 0 Å². The molecule has 780 valence electrons. The summed E-state index contributed by atoms with van der Waals surface area (Å²) in [5, 5.41) is 14.2. The van der Waals surface area contributed by atoms with E-state index in [9.17, 15) is 5.11 Å². The van der Waals surface area contributed by atoms with Crippen molar-refractivity contribution in [2.24, 2.45) is 136 Å². The third kappa shape index (κ3) is 24.3. The van der Waals surface area contributed by atoms with Gasteiger partial charge in [0.05, 0.1) is 106 Å². The first kappa shape index (κ1) is 111. The van der Waals surface area contributed by atoms with Crippen molar-refractivity contribution in [3.8, 4) is 0 Å². The zero-order valence-electron chi connectivity index (χ0n) is 89.6. The fourth-order valence-electron chi connectivity index (χ4n) is 24.9. The molecule has 11 heterocycles. The van der Waals surface area contributed by atoms with Crippen molar-refractivity contribution in [2.75, 3.05) is 13.2 Å². The molecule has 2 aromatic rings. The highest BCUT2D eigenvalue weighted by Crippen LogP contribution is 2.51. The number of hydrogen-bond donors (Lipinski definition) is 1. The average Bonchev–Trinajstić information content (AvgIpc) is 0.789. The van der Waals surface area contributed by atoms with Crippen LogP contribution in [-0.4, -0.2) is 216 Å². The maximum absolute atomic E-state index is 14.2. The molecule has 1 N–H and O–H groups in total. The standard InChI is InChI=1S/C112H188O24/c1-33-81-59(13)56(10)72(26)104(118-81)132-96-66(20)62(16)84(36-4)121-108(96)117-54-90-77(31)93(129-109-97(67(21)63(17)85(37-5)122-109)133-105-73(27)57(11)60(14)82(34-2)119-105)78(32)103(127-90)116-55-91-92(113)100(136-111-99(69(23)65(19)87(39-7)124-111)135-110-98(68(22)64(18)86(38-6)123-110)134-106-74(28)58(12)61(15)83(35-3)120-106)101(114-52-79-48-44-42-45-49-79)112(128-91)131-95-71(25)76(30)107(126-89(95)41-9)130-94-70(24)75(29)102(125-88(94)40-8)115-53-80-50-46-43-47-51-80/h42-51,56-78,81-113H,33-41,52-55H2,1-32H3/t56-,57?,58?,59-,60-,61-,62-,63-,64-,65-,66-,67?,68?,69?,70+,71+,72?,73?,74?,75?,76?,77+,78?,81?,82-,83-,84?,85-,86-,87-,88?,89?,90?,91?,92+,93-,94-,95-,96?,97?,98?,99?,100-,101?,102+,103-,104+,105+,106+,107-,108-,109+,110+,111+,112-/m0/s1. The van der Waals surface area contributed by atoms with Gasteiger partial charge in [-0.2, -0.15) is 0 Å². The largest absolute Gasteiger partial charge is 0.387 e. The van der Waals surface area contributed by atoms with Gasteiger partial charge in [-0.1, -0.05) is 282 Å². The zero-order valence-corrected chi connectivity index (χ0v) is 89.6. The monoisotopic (exact) mass is 1920 g/mol. The third-order valence-corrected chi connectivity index (χ3v) is 37.2. The Kier molecular flexibility index (Phi) is 40.5. The van der Waals surface area contributed by atoms with Gasteiger partial charge in [0, 0.05) is 41.4 Å². The van der Waals surface area contributed by atoms with Crippen LogP contribution in [0, 0.1) is 136 Å². The molecule has 0 aromatic heterocycles. The summed E-state index contributed by atoms with van der Waals surface area (Å²) < 4.78 is 169. The normalized spacial score (nSPS) is 49.4. The number of rotatable bonds is 37. The molecule has 11 aliphatic heterocycles. The lowest BCUT2D eigenvalue weighted by Gasteiger charge is -2.53. The summed E-state index contributed by atoms with van der Waals surface area (Å²) in [6, 6.07) is 20.3. The molecule has 11 aliphatic rings. The van der Waals surface area contributed by atoms with Gasteiger partial charge in [0.15, 0.2) is 69.2 Å². The molecule has 24 heteroatoms. The van der Waals surface area contributed by atoms with E-state index in [4.69, 9.17) is 109 Å². The molecule has 55 atom stereocenters. The van der Waals surface area contributed by atoms with Crippen LogP contribution in [0.15, 0.2) is 60.7 Å². The van der Waals surface area contributed by atoms with Crippen molar-refractivity contribution >= 4 is 0 Å². The van der Waals surface area contributed by atoms with Crippen molar-refractivity contribution in [1.82, 2.24) is 0 Å². The molecule has 13 rings (SSSR count). The van der Waals surface area contributed by atoms with Crippen molar-refractivity contribution in [1.29, 1.82) is 0 Å². The van der Waals surface area contributed by atoms with E-state index in [1.54, 1.807) is 0 Å². The lowest BCUT2D eigenvalue weighted by atomic mass is 9.78. The summed E-state index contributed by atoms with van der Waals surface area (Å²) in [5.41, 5.74) is 1.99. The van der Waals surface area contributed by atoms with Crippen LogP contribution in [0.2, 0.25) is 0 Å². The predicted octanol–water partition coefficient (Wildman–Crippen LogP) is 21.6. The number of hydrogen-bond acceptors (Lipinski definition) is 24. The molecule has 24 nitrogen and oxygen atoms in total. The number of aliphatic hydroxyl groups is 1. The summed E-state index contributed by atoms with van der Waals surface area (Å²) >= 11 is 0. The minimum absolute atomic E-state index is 0.00114. The van der Waals surface area contributed by atoms with Gasteiger partial charge in [-0.25, -0.2) is 0 Å². The van der Waals surface area contributed by atoms with Crippen LogP contribution in [0.25, 0.3) is 0 Å². The SMILES string of the molecule is CCC1O[C@H](OC2[C@@H](OCC3O[C@H](OCC4O[C@@H](O[C@@H]5C(CC)O[C@@H](O[C@@H]6C(CC)O[C@@H](OCc7ccccc7)C(C)[C@H]6C)C(C)[C@H]5C)C(OCc5ccccc5)[C@@H](O[C@H]5O[C@@H](CC)[C@@H](C)C(C)C5O[C@H]5O[C@@H](CC)[C@@H](C)C(C)C5O[C@H]5O[C@@H](CC)[C@@H](C)C(C)C5C)[C@@H]4O)C(C)[C@@H](O[C@H]4O[C@@H](CC)[C@@H](C)C(C)C4O[C@H]4O[C@@H](CC)[C@@H](C)C(C)C4C)[C@@H]3C)OC(CC)[C@@H](C)[C@@H]2C)C(C)[C@@H](C)[C@@H]1C. The van der Waals surface area contributed by atoms with E-state index in [-0.39, 0.29) is 169 Å². The van der Waals surface area contributed by atoms with E-state index in [0.717, 1.165) is 49.7 Å². The van der Waals surface area contributed by atoms with Gasteiger partial charge >= 0.3 is 0 Å². The fraction of sp³-hybridized carbons (Fsp3) is 0.893. The van der Waals surface area contributed by atoms with Gasteiger partial charge in [0.1, 0.15) is 48.8 Å². The van der Waals surface area contributed by atoms with Crippen molar-refractivity contribution in [3.63, 3.8) is 0 Å². The summed E-state index contributed by atoms with van der Waals surface area (Å²) in [4.78, 5) is 0. The van der Waals surface area contributed by atoms with Gasteiger partial charge in [-0.05, 0) is 164 Å². The van der Waals surface area contributed by atoms with Crippen LogP contribution in [0.1, 0.15) is 290 Å². The van der Waals surface area contributed by atoms with Crippen molar-refractivity contribution in [2.45, 2.75) is 490 Å². The van der Waals surface area contributed by atoms with Crippen LogP contribution in [0.3, 0.4) is 0 Å². The molecule has 0 radical (unpaired) electrons. The Morgan fingerprint density at radius 2 is 0.419 bits per heavy atom. The Morgan fingerprint density at radius 1 is 0.184 bits per heavy atom. The second-order valence-electron chi connectivity index (χ2n) is 44.9. The first-order valence-electron chi connectivity index (χ1n) is 54.6. The van der Waals surface area contributed by atoms with Gasteiger partial charge < -0.3 is 114 Å². The average molecular weight is 1920 g/mol. The number of ether oxygens (including phenoxy) is 23. The quantitative estimate of drug-likeness (QED) is 0.0662. The molecule has 22 unspecified atom stereocenters. The Bertz CT molecular complexity index is 3790. The lowest BCUT2D eigenvalue weighted by Crippen LogP contribution is -2.66. The molecule has 0 bridgehead atoms. The molecule has 0 amide bonds. The Morgan fingerprint density at radius 3 is 0.801 bits per heavy atom. The van der Waals surface area contributed by atoms with Gasteiger partial charge in [0.25, 0.3) is 0 Å². The zero-order chi connectivity index (χ0) is 98.4. The highest BCUT2D eigenvalue weighted by Gasteiger charge is 2.60. The minimum Gasteiger partial charge on any atom is -0.387 e. The molecule has 0 aliphatic carbocycles. The maximum Gasteiger partial charge on any atom is 0.187 e. The van der Waals surface area contributed by atoms with Crippen LogP contribution in [0.4, 0.5) is 0 Å². The van der Waals surface area contributed by atoms with E-state index in [1.807, 2.05) is 48.5 Å². The molecule has 0 saturated carbocycles. The molecule has 0 spiro atoms. The lowest BCUT2D eigenvalue weighted by molar-refractivity contribution is -0.398. The van der Waals surface area contributed by atoms with Gasteiger partial charge in [0.2, 0.25) is 0 Å². The van der Waals surface area contributed by atoms with E-state index in [2.05, 4.69) is 234 Å². The number of benzene rings is 2. The van der Waals surface area contributed by atoms with Crippen LogP contribution >= 0.6 is 0 Å². The molecule has 11 fully saturated rings. The Hall–Kier alpha value is -2.52. The first-order chi connectivity index (χ1) is 65.0. The van der Waals surface area contributed by atoms with Crippen molar-refractivity contribution < 1.29 is 114 Å². The van der Waals surface area contributed by atoms with E-state index >= 15 is 0 Å². The molecule has 11 saturated heterocycles. The molecule has 136 heavy (non-hydrogen) atoms. The predicted molar refractivity (Wildman–Crippen MR) is 522 cm³/mol. The topological polar surface area (TPSA) is 233 Å². The van der Waals surface area contributed by atoms with Crippen LogP contribution in [0.5, 0.6) is 0 Å². The highest BCUT2D eigenvalue weighted by molar-refractivity contribution is 5.15. The number of aliphatic hydroxyl groups excluding tert-OH is 1. The van der Waals surface area contributed by atoms with Gasteiger partial charge in [-0.15, -0.1) is 0 Å². The van der Waals surface area contributed by atoms with Crippen LogP contribution < -0.4 is 0 Å². The molecular weight excluding hydrogens is 1730 g/mol. The smallest absolute Gasteiger partial charge is 0.187 e. The maximum atomic E-state index is 14.2. The van der Waals surface area contributed by atoms with E-state index < -0.39 is 148 Å². The second kappa shape index (κ2) is 49.8. The Balaban J connectivity index is 0.869. The molecule has 2 aromatic carbocycles. The summed E-state index contributed by atoms with van der Waals surface area (Å²) in [7, 11) is 0. The second-order valence-corrected chi connectivity index (χ2v) is 44.9. The van der Waals surface area contributed by atoms with Crippen molar-refractivity contribution in [3.05, 3.63) is 71.8 Å². The highest BCUT2D eigenvalue weighted by atomic mass is 16.8.